The van der Waals surface area contributed by atoms with Gasteiger partial charge in [-0.2, -0.15) is 0 Å². The van der Waals surface area contributed by atoms with Crippen molar-refractivity contribution in [2.24, 2.45) is 0 Å². The number of hydrogen-bond acceptors (Lipinski definition) is 1. The zero-order valence-electron chi connectivity index (χ0n) is 12.7. The van der Waals surface area contributed by atoms with E-state index < -0.39 is 0 Å². The first kappa shape index (κ1) is 15.4. The Balaban J connectivity index is 1.76. The van der Waals surface area contributed by atoms with Gasteiger partial charge in [0.05, 0.1) is 6.61 Å². The lowest BCUT2D eigenvalue weighted by molar-refractivity contribution is 0.308. The van der Waals surface area contributed by atoms with Crippen molar-refractivity contribution in [2.75, 3.05) is 11.9 Å². The number of ether oxygens (including phenoxy) is 1. The smallest absolute Gasteiger partial charge is 0.127 e. The predicted octanol–water partition coefficient (Wildman–Crippen LogP) is 6.33. The van der Waals surface area contributed by atoms with Crippen LogP contribution in [-0.4, -0.2) is 11.9 Å². The first-order chi connectivity index (χ1) is 10.9. The Bertz CT molecular complexity index is 751. The van der Waals surface area contributed by atoms with Gasteiger partial charge in [0.1, 0.15) is 5.75 Å². The number of hydrogen-bond donors (Lipinski definition) is 0. The van der Waals surface area contributed by atoms with Crippen molar-refractivity contribution in [1.82, 2.24) is 0 Å². The molecule has 0 amide bonds. The fourth-order valence-corrected chi connectivity index (χ4v) is 3.19. The van der Waals surface area contributed by atoms with Gasteiger partial charge in [-0.3, -0.25) is 0 Å². The Morgan fingerprint density at radius 1 is 0.727 bits per heavy atom. The minimum Gasteiger partial charge on any atom is -0.493 e. The molecule has 0 aromatic heterocycles. The average Bonchev–Trinajstić information content (AvgIpc) is 2.56. The molecule has 0 saturated heterocycles. The summed E-state index contributed by atoms with van der Waals surface area (Å²) in [5.41, 5.74) is 0. The predicted molar refractivity (Wildman–Crippen MR) is 99.2 cm³/mol. The van der Waals surface area contributed by atoms with Gasteiger partial charge >= 0.3 is 0 Å². The van der Waals surface area contributed by atoms with Crippen LogP contribution in [0.15, 0.2) is 54.6 Å². The summed E-state index contributed by atoms with van der Waals surface area (Å²) in [4.78, 5) is 0. The van der Waals surface area contributed by atoms with Crippen LogP contribution in [0.4, 0.5) is 0 Å². The van der Waals surface area contributed by atoms with Crippen LogP contribution in [0.25, 0.3) is 21.5 Å². The molecule has 0 heterocycles. The molecule has 0 aliphatic carbocycles. The van der Waals surface area contributed by atoms with Crippen molar-refractivity contribution in [3.63, 3.8) is 0 Å². The van der Waals surface area contributed by atoms with E-state index in [9.17, 15) is 0 Å². The van der Waals surface area contributed by atoms with E-state index in [-0.39, 0.29) is 0 Å². The van der Waals surface area contributed by atoms with Crippen LogP contribution in [0.3, 0.4) is 0 Å². The molecule has 0 radical (unpaired) electrons. The number of alkyl halides is 1. The molecule has 2 heteroatoms. The van der Waals surface area contributed by atoms with Crippen LogP contribution in [0, 0.1) is 0 Å². The summed E-state index contributed by atoms with van der Waals surface area (Å²) in [5.74, 6) is 1.00. The normalized spacial score (nSPS) is 11.1. The largest absolute Gasteiger partial charge is 0.493 e. The van der Waals surface area contributed by atoms with Crippen LogP contribution in [0.1, 0.15) is 25.7 Å². The van der Waals surface area contributed by atoms with Crippen LogP contribution in [-0.2, 0) is 0 Å². The van der Waals surface area contributed by atoms with Gasteiger partial charge in [0.2, 0.25) is 0 Å². The molecule has 0 unspecified atom stereocenters. The molecular formula is C20H21BrO. The number of fused-ring (bicyclic) bond motifs is 2. The summed E-state index contributed by atoms with van der Waals surface area (Å²) in [6.07, 6.45) is 4.88. The molecule has 1 nitrogen and oxygen atoms in total. The first-order valence-corrected chi connectivity index (χ1v) is 9.11. The summed E-state index contributed by atoms with van der Waals surface area (Å²) >= 11 is 3.47. The van der Waals surface area contributed by atoms with E-state index in [4.69, 9.17) is 4.74 Å². The maximum Gasteiger partial charge on any atom is 0.127 e. The maximum absolute atomic E-state index is 6.04. The number of unbranched alkanes of at least 4 members (excludes halogenated alkanes) is 3. The van der Waals surface area contributed by atoms with Crippen molar-refractivity contribution >= 4 is 37.5 Å². The fraction of sp³-hybridized carbons (Fsp3) is 0.300. The molecule has 3 aromatic carbocycles. The Morgan fingerprint density at radius 3 is 2.27 bits per heavy atom. The van der Waals surface area contributed by atoms with Crippen LogP contribution < -0.4 is 4.74 Å². The Labute approximate surface area is 140 Å². The molecule has 0 N–H and O–H groups in total. The topological polar surface area (TPSA) is 9.23 Å². The van der Waals surface area contributed by atoms with Crippen molar-refractivity contribution in [3.05, 3.63) is 54.6 Å². The van der Waals surface area contributed by atoms with E-state index in [2.05, 4.69) is 70.5 Å². The SMILES string of the molecule is BrCCCCCCOc1cccc2cc3ccccc3cc12. The molecule has 0 atom stereocenters. The second-order valence-corrected chi connectivity index (χ2v) is 6.42. The van der Waals surface area contributed by atoms with Gasteiger partial charge in [0.15, 0.2) is 0 Å². The summed E-state index contributed by atoms with van der Waals surface area (Å²) in [7, 11) is 0. The molecule has 3 rings (SSSR count). The van der Waals surface area contributed by atoms with Crippen molar-refractivity contribution in [2.45, 2.75) is 25.7 Å². The van der Waals surface area contributed by atoms with Gasteiger partial charge in [0.25, 0.3) is 0 Å². The zero-order valence-corrected chi connectivity index (χ0v) is 14.3. The van der Waals surface area contributed by atoms with Crippen LogP contribution in [0.5, 0.6) is 5.75 Å². The Morgan fingerprint density at radius 2 is 1.45 bits per heavy atom. The van der Waals surface area contributed by atoms with E-state index in [1.54, 1.807) is 0 Å². The van der Waals surface area contributed by atoms with Gasteiger partial charge in [-0.05, 0) is 47.2 Å². The van der Waals surface area contributed by atoms with Crippen molar-refractivity contribution < 1.29 is 4.74 Å². The molecule has 0 aliphatic rings. The minimum absolute atomic E-state index is 0.800. The fourth-order valence-electron chi connectivity index (χ4n) is 2.80. The zero-order chi connectivity index (χ0) is 15.2. The highest BCUT2D eigenvalue weighted by molar-refractivity contribution is 9.09. The van der Waals surface area contributed by atoms with Crippen molar-refractivity contribution in [1.29, 1.82) is 0 Å². The summed E-state index contributed by atoms with van der Waals surface area (Å²) in [6.45, 7) is 0.800. The minimum atomic E-state index is 0.800. The standard InChI is InChI=1S/C20H21BrO/c21-12-5-1-2-6-13-22-20-11-7-10-18-14-16-8-3-4-9-17(16)15-19(18)20/h3-4,7-11,14-15H,1-2,5-6,12-13H2. The molecule has 0 fully saturated rings. The molecule has 114 valence electrons. The van der Waals surface area contributed by atoms with Crippen molar-refractivity contribution in [3.8, 4) is 5.75 Å². The molecular weight excluding hydrogens is 336 g/mol. The van der Waals surface area contributed by atoms with E-state index in [0.717, 1.165) is 24.1 Å². The van der Waals surface area contributed by atoms with Gasteiger partial charge in [-0.25, -0.2) is 0 Å². The molecule has 22 heavy (non-hydrogen) atoms. The Kier molecular flexibility index (Phi) is 5.33. The summed E-state index contributed by atoms with van der Waals surface area (Å²) < 4.78 is 6.04. The van der Waals surface area contributed by atoms with Gasteiger partial charge < -0.3 is 4.74 Å². The van der Waals surface area contributed by atoms with Gasteiger partial charge in [0, 0.05) is 10.7 Å². The molecule has 0 saturated carbocycles. The molecule has 0 aliphatic heterocycles. The highest BCUT2D eigenvalue weighted by atomic mass is 79.9. The second kappa shape index (κ2) is 7.64. The van der Waals surface area contributed by atoms with Crippen LogP contribution >= 0.6 is 15.9 Å². The van der Waals surface area contributed by atoms with Gasteiger partial charge in [-0.1, -0.05) is 65.2 Å². The molecule has 3 aromatic rings. The lowest BCUT2D eigenvalue weighted by Crippen LogP contribution is -1.98. The summed E-state index contributed by atoms with van der Waals surface area (Å²) in [5, 5.41) is 6.10. The highest BCUT2D eigenvalue weighted by Crippen LogP contribution is 2.30. The first-order valence-electron chi connectivity index (χ1n) is 7.99. The number of benzene rings is 3. The third-order valence-electron chi connectivity index (χ3n) is 3.99. The van der Waals surface area contributed by atoms with E-state index in [0.29, 0.717) is 0 Å². The number of rotatable bonds is 7. The average molecular weight is 357 g/mol. The lowest BCUT2D eigenvalue weighted by atomic mass is 10.0. The second-order valence-electron chi connectivity index (χ2n) is 5.63. The molecule has 0 bridgehead atoms. The van der Waals surface area contributed by atoms with E-state index >= 15 is 0 Å². The Hall–Kier alpha value is -1.54. The lowest BCUT2D eigenvalue weighted by Gasteiger charge is -2.10. The molecule has 0 spiro atoms. The maximum atomic E-state index is 6.04. The monoisotopic (exact) mass is 356 g/mol. The van der Waals surface area contributed by atoms with Crippen LogP contribution in [0.2, 0.25) is 0 Å². The highest BCUT2D eigenvalue weighted by Gasteiger charge is 2.04. The summed E-state index contributed by atoms with van der Waals surface area (Å²) in [6, 6.07) is 19.3. The van der Waals surface area contributed by atoms with Gasteiger partial charge in [-0.15, -0.1) is 0 Å². The third kappa shape index (κ3) is 3.61. The number of halogens is 1. The van der Waals surface area contributed by atoms with E-state index in [1.807, 2.05) is 0 Å². The third-order valence-corrected chi connectivity index (χ3v) is 4.55. The van der Waals surface area contributed by atoms with E-state index in [1.165, 1.54) is 40.8 Å². The quantitative estimate of drug-likeness (QED) is 0.273.